The van der Waals surface area contributed by atoms with E-state index in [-0.39, 0.29) is 12.0 Å². The van der Waals surface area contributed by atoms with E-state index in [1.807, 2.05) is 0 Å². The lowest BCUT2D eigenvalue weighted by atomic mass is 10.1. The van der Waals surface area contributed by atoms with Crippen molar-refractivity contribution in [1.29, 1.82) is 0 Å². The molecule has 0 saturated carbocycles. The monoisotopic (exact) mass is 277 g/mol. The van der Waals surface area contributed by atoms with Crippen LogP contribution >= 0.6 is 0 Å². The molecule has 0 aromatic rings. The van der Waals surface area contributed by atoms with E-state index in [4.69, 9.17) is 0 Å². The fraction of sp³-hybridized carbons (Fsp3) is 0.846. The SMILES string of the molecule is FC(F)(F)C1=CCN(CCN2CCCNCC2)CC1. The van der Waals surface area contributed by atoms with Crippen molar-refractivity contribution in [1.82, 2.24) is 15.1 Å². The van der Waals surface area contributed by atoms with Crippen LogP contribution in [0.2, 0.25) is 0 Å². The number of halogens is 3. The summed E-state index contributed by atoms with van der Waals surface area (Å²) in [5.74, 6) is 0. The molecule has 110 valence electrons. The molecule has 2 rings (SSSR count). The lowest BCUT2D eigenvalue weighted by Crippen LogP contribution is -2.39. The van der Waals surface area contributed by atoms with E-state index in [1.165, 1.54) is 6.08 Å². The Morgan fingerprint density at radius 1 is 1.05 bits per heavy atom. The molecule has 0 aliphatic carbocycles. The van der Waals surface area contributed by atoms with Crippen LogP contribution in [-0.4, -0.2) is 68.3 Å². The number of hydrogen-bond donors (Lipinski definition) is 1. The average Bonchev–Trinajstić information content (AvgIpc) is 2.64. The fourth-order valence-electron chi connectivity index (χ4n) is 2.58. The van der Waals surface area contributed by atoms with E-state index in [1.54, 1.807) is 0 Å². The van der Waals surface area contributed by atoms with Gasteiger partial charge in [0.05, 0.1) is 0 Å². The second-order valence-corrected chi connectivity index (χ2v) is 5.22. The zero-order chi connectivity index (χ0) is 13.7. The van der Waals surface area contributed by atoms with Gasteiger partial charge in [-0.15, -0.1) is 0 Å². The van der Waals surface area contributed by atoms with Crippen molar-refractivity contribution in [3.05, 3.63) is 11.6 Å². The molecule has 1 fully saturated rings. The third-order valence-corrected chi connectivity index (χ3v) is 3.82. The van der Waals surface area contributed by atoms with Gasteiger partial charge in [0.25, 0.3) is 0 Å². The number of rotatable bonds is 3. The maximum absolute atomic E-state index is 12.5. The number of nitrogens with zero attached hydrogens (tertiary/aromatic N) is 2. The van der Waals surface area contributed by atoms with Gasteiger partial charge in [-0.25, -0.2) is 0 Å². The van der Waals surface area contributed by atoms with Crippen molar-refractivity contribution >= 4 is 0 Å². The number of alkyl halides is 3. The van der Waals surface area contributed by atoms with Crippen molar-refractivity contribution in [3.63, 3.8) is 0 Å². The molecule has 0 unspecified atom stereocenters. The van der Waals surface area contributed by atoms with Crippen LogP contribution in [0.3, 0.4) is 0 Å². The Bertz CT molecular complexity index is 307. The molecule has 0 bridgehead atoms. The van der Waals surface area contributed by atoms with Crippen molar-refractivity contribution in [3.8, 4) is 0 Å². The standard InChI is InChI=1S/C13H22F3N3/c14-13(15,16)12-2-7-19(8-3-12)11-10-18-6-1-4-17-5-9-18/h2,17H,1,3-11H2. The zero-order valence-electron chi connectivity index (χ0n) is 11.2. The Hall–Kier alpha value is -0.590. The Labute approximate surface area is 112 Å². The van der Waals surface area contributed by atoms with Crippen LogP contribution in [-0.2, 0) is 0 Å². The molecule has 0 atom stereocenters. The van der Waals surface area contributed by atoms with Gasteiger partial charge in [0.15, 0.2) is 0 Å². The predicted octanol–water partition coefficient (Wildman–Crippen LogP) is 1.48. The highest BCUT2D eigenvalue weighted by Gasteiger charge is 2.34. The summed E-state index contributed by atoms with van der Waals surface area (Å²) in [5, 5.41) is 3.35. The summed E-state index contributed by atoms with van der Waals surface area (Å²) >= 11 is 0. The molecule has 2 aliphatic rings. The van der Waals surface area contributed by atoms with Crippen LogP contribution < -0.4 is 5.32 Å². The Morgan fingerprint density at radius 2 is 1.84 bits per heavy atom. The Kier molecular flexibility index (Phi) is 5.24. The van der Waals surface area contributed by atoms with Crippen molar-refractivity contribution in [2.75, 3.05) is 52.4 Å². The van der Waals surface area contributed by atoms with E-state index in [0.717, 1.165) is 45.7 Å². The topological polar surface area (TPSA) is 18.5 Å². The summed E-state index contributed by atoms with van der Waals surface area (Å²) in [6.07, 6.45) is -1.51. The molecular weight excluding hydrogens is 255 g/mol. The number of nitrogens with one attached hydrogen (secondary N) is 1. The molecule has 0 radical (unpaired) electrons. The van der Waals surface area contributed by atoms with Crippen LogP contribution in [0.1, 0.15) is 12.8 Å². The summed E-state index contributed by atoms with van der Waals surface area (Å²) in [7, 11) is 0. The summed E-state index contributed by atoms with van der Waals surface area (Å²) in [4.78, 5) is 4.50. The van der Waals surface area contributed by atoms with E-state index in [0.29, 0.717) is 13.1 Å². The maximum Gasteiger partial charge on any atom is 0.412 e. The van der Waals surface area contributed by atoms with Gasteiger partial charge in [0, 0.05) is 44.8 Å². The summed E-state index contributed by atoms with van der Waals surface area (Å²) in [5.41, 5.74) is -0.359. The molecule has 6 heteroatoms. The van der Waals surface area contributed by atoms with Crippen molar-refractivity contribution < 1.29 is 13.2 Å². The van der Waals surface area contributed by atoms with Gasteiger partial charge in [0.2, 0.25) is 0 Å². The van der Waals surface area contributed by atoms with Gasteiger partial charge >= 0.3 is 6.18 Å². The highest BCUT2D eigenvalue weighted by molar-refractivity contribution is 5.12. The summed E-state index contributed by atoms with van der Waals surface area (Å²) in [6, 6.07) is 0. The van der Waals surface area contributed by atoms with Gasteiger partial charge < -0.3 is 10.2 Å². The minimum Gasteiger partial charge on any atom is -0.315 e. The van der Waals surface area contributed by atoms with E-state index < -0.39 is 6.18 Å². The quantitative estimate of drug-likeness (QED) is 0.788. The summed E-state index contributed by atoms with van der Waals surface area (Å²) < 4.78 is 37.5. The molecule has 0 amide bonds. The van der Waals surface area contributed by atoms with Gasteiger partial charge in [0.1, 0.15) is 0 Å². The number of hydrogen-bond acceptors (Lipinski definition) is 3. The highest BCUT2D eigenvalue weighted by Crippen LogP contribution is 2.29. The first kappa shape index (κ1) is 14.8. The second kappa shape index (κ2) is 6.72. The first-order chi connectivity index (χ1) is 9.05. The third kappa shape index (κ3) is 4.78. The third-order valence-electron chi connectivity index (χ3n) is 3.82. The molecule has 0 spiro atoms. The Balaban J connectivity index is 1.72. The normalized spacial score (nSPS) is 24.1. The first-order valence-corrected chi connectivity index (χ1v) is 6.97. The van der Waals surface area contributed by atoms with E-state index in [9.17, 15) is 13.2 Å². The van der Waals surface area contributed by atoms with Gasteiger partial charge in [-0.2, -0.15) is 13.2 Å². The Morgan fingerprint density at radius 3 is 2.53 bits per heavy atom. The minimum atomic E-state index is -4.14. The molecule has 3 nitrogen and oxygen atoms in total. The predicted molar refractivity (Wildman–Crippen MR) is 69.1 cm³/mol. The molecule has 0 aromatic heterocycles. The summed E-state index contributed by atoms with van der Waals surface area (Å²) in [6.45, 7) is 6.98. The fourth-order valence-corrected chi connectivity index (χ4v) is 2.58. The lowest BCUT2D eigenvalue weighted by molar-refractivity contribution is -0.0960. The van der Waals surface area contributed by atoms with Gasteiger partial charge in [-0.3, -0.25) is 4.90 Å². The lowest BCUT2D eigenvalue weighted by Gasteiger charge is -2.29. The molecule has 1 N–H and O–H groups in total. The highest BCUT2D eigenvalue weighted by atomic mass is 19.4. The van der Waals surface area contributed by atoms with Crippen LogP contribution in [0.5, 0.6) is 0 Å². The minimum absolute atomic E-state index is 0.130. The first-order valence-electron chi connectivity index (χ1n) is 6.97. The van der Waals surface area contributed by atoms with Crippen LogP contribution in [0.25, 0.3) is 0 Å². The van der Waals surface area contributed by atoms with Crippen LogP contribution in [0.15, 0.2) is 11.6 Å². The van der Waals surface area contributed by atoms with E-state index >= 15 is 0 Å². The molecule has 1 saturated heterocycles. The van der Waals surface area contributed by atoms with Gasteiger partial charge in [-0.05, 0) is 25.9 Å². The molecule has 2 aliphatic heterocycles. The molecule has 2 heterocycles. The molecular formula is C13H22F3N3. The van der Waals surface area contributed by atoms with E-state index in [2.05, 4.69) is 15.1 Å². The maximum atomic E-state index is 12.5. The average molecular weight is 277 g/mol. The van der Waals surface area contributed by atoms with Crippen molar-refractivity contribution in [2.24, 2.45) is 0 Å². The smallest absolute Gasteiger partial charge is 0.315 e. The van der Waals surface area contributed by atoms with Crippen LogP contribution in [0, 0.1) is 0 Å². The zero-order valence-corrected chi connectivity index (χ0v) is 11.2. The largest absolute Gasteiger partial charge is 0.412 e. The molecule has 19 heavy (non-hydrogen) atoms. The van der Waals surface area contributed by atoms with Crippen molar-refractivity contribution in [2.45, 2.75) is 19.0 Å². The molecule has 0 aromatic carbocycles. The second-order valence-electron chi connectivity index (χ2n) is 5.22. The van der Waals surface area contributed by atoms with Gasteiger partial charge in [-0.1, -0.05) is 6.08 Å². The van der Waals surface area contributed by atoms with Crippen LogP contribution in [0.4, 0.5) is 13.2 Å².